The summed E-state index contributed by atoms with van der Waals surface area (Å²) < 4.78 is 5.61. The van der Waals surface area contributed by atoms with Crippen molar-refractivity contribution < 1.29 is 14.3 Å². The third-order valence-corrected chi connectivity index (χ3v) is 2.91. The van der Waals surface area contributed by atoms with Crippen molar-refractivity contribution in [2.75, 3.05) is 6.61 Å². The van der Waals surface area contributed by atoms with E-state index in [4.69, 9.17) is 4.74 Å². The number of likely N-dealkylation sites (tertiary alicyclic amines) is 1. The Morgan fingerprint density at radius 2 is 2.06 bits per heavy atom. The Bertz CT molecular complexity index is 325. The van der Waals surface area contributed by atoms with Gasteiger partial charge in [0.15, 0.2) is 0 Å². The van der Waals surface area contributed by atoms with Crippen molar-refractivity contribution in [3.63, 3.8) is 0 Å². The van der Waals surface area contributed by atoms with Crippen LogP contribution in [0.25, 0.3) is 0 Å². The highest BCUT2D eigenvalue weighted by Gasteiger charge is 2.35. The van der Waals surface area contributed by atoms with Gasteiger partial charge in [0.2, 0.25) is 5.91 Å². The molecule has 0 saturated carbocycles. The minimum absolute atomic E-state index is 0.147. The minimum Gasteiger partial charge on any atom is -0.376 e. The molecule has 2 atom stereocenters. The van der Waals surface area contributed by atoms with Crippen molar-refractivity contribution >= 4 is 11.8 Å². The summed E-state index contributed by atoms with van der Waals surface area (Å²) in [5, 5.41) is 0. The molecule has 2 amide bonds. The van der Waals surface area contributed by atoms with Gasteiger partial charge in [0, 0.05) is 5.57 Å². The van der Waals surface area contributed by atoms with Crippen LogP contribution in [0.3, 0.4) is 0 Å². The third-order valence-electron chi connectivity index (χ3n) is 2.91. The maximum atomic E-state index is 11.7. The normalized spacial score (nSPS) is 19.9. The molecule has 0 aliphatic carbocycles. The molecular weight excluding hydrogens is 218 g/mol. The topological polar surface area (TPSA) is 46.6 Å². The fourth-order valence-electron chi connectivity index (χ4n) is 1.94. The van der Waals surface area contributed by atoms with E-state index in [2.05, 4.69) is 13.5 Å². The van der Waals surface area contributed by atoms with E-state index in [1.807, 2.05) is 13.8 Å². The summed E-state index contributed by atoms with van der Waals surface area (Å²) in [5.41, 5.74) is 0.378. The Morgan fingerprint density at radius 1 is 1.41 bits per heavy atom. The Morgan fingerprint density at radius 3 is 2.53 bits per heavy atom. The number of hydrogen-bond donors (Lipinski definition) is 0. The smallest absolute Gasteiger partial charge is 0.256 e. The van der Waals surface area contributed by atoms with E-state index in [-0.39, 0.29) is 30.4 Å². The molecule has 1 saturated heterocycles. The van der Waals surface area contributed by atoms with Gasteiger partial charge in [0.05, 0.1) is 25.2 Å². The van der Waals surface area contributed by atoms with Crippen molar-refractivity contribution in [1.82, 2.24) is 4.90 Å². The van der Waals surface area contributed by atoms with Crippen LogP contribution in [-0.4, -0.2) is 35.5 Å². The van der Waals surface area contributed by atoms with Crippen molar-refractivity contribution in [1.29, 1.82) is 0 Å². The molecular formula is C13H21NO3. The average molecular weight is 239 g/mol. The van der Waals surface area contributed by atoms with Gasteiger partial charge in [-0.25, -0.2) is 0 Å². The van der Waals surface area contributed by atoms with Gasteiger partial charge in [0.25, 0.3) is 5.91 Å². The molecule has 0 radical (unpaired) electrons. The zero-order valence-corrected chi connectivity index (χ0v) is 10.9. The average Bonchev–Trinajstić information content (AvgIpc) is 2.50. The van der Waals surface area contributed by atoms with Crippen LogP contribution in [0.2, 0.25) is 0 Å². The third kappa shape index (κ3) is 3.40. The Kier molecular flexibility index (Phi) is 4.87. The zero-order valence-electron chi connectivity index (χ0n) is 10.9. The van der Waals surface area contributed by atoms with Crippen LogP contribution in [0.4, 0.5) is 0 Å². The predicted molar refractivity (Wildman–Crippen MR) is 65.4 cm³/mol. The highest BCUT2D eigenvalue weighted by atomic mass is 16.5. The summed E-state index contributed by atoms with van der Waals surface area (Å²) in [6, 6.07) is -0.214. The number of hydrogen-bond acceptors (Lipinski definition) is 3. The quantitative estimate of drug-likeness (QED) is 0.525. The van der Waals surface area contributed by atoms with Crippen LogP contribution in [0.5, 0.6) is 0 Å². The highest BCUT2D eigenvalue weighted by Crippen LogP contribution is 2.20. The van der Waals surface area contributed by atoms with Gasteiger partial charge >= 0.3 is 0 Å². The molecule has 0 spiro atoms. The van der Waals surface area contributed by atoms with E-state index in [0.717, 1.165) is 12.8 Å². The lowest BCUT2D eigenvalue weighted by Gasteiger charge is -2.23. The van der Waals surface area contributed by atoms with Gasteiger partial charge in [-0.2, -0.15) is 0 Å². The molecule has 0 N–H and O–H groups in total. The van der Waals surface area contributed by atoms with Crippen LogP contribution in [0.1, 0.15) is 40.0 Å². The maximum absolute atomic E-state index is 11.7. The summed E-state index contributed by atoms with van der Waals surface area (Å²) >= 11 is 0. The lowest BCUT2D eigenvalue weighted by atomic mass is 10.2. The van der Waals surface area contributed by atoms with Gasteiger partial charge < -0.3 is 4.74 Å². The number of carbonyl (C=O) groups is 2. The largest absolute Gasteiger partial charge is 0.376 e. The molecule has 0 bridgehead atoms. The second kappa shape index (κ2) is 5.96. The first-order valence-electron chi connectivity index (χ1n) is 6.13. The minimum atomic E-state index is -0.255. The van der Waals surface area contributed by atoms with Crippen molar-refractivity contribution in [3.05, 3.63) is 12.2 Å². The zero-order chi connectivity index (χ0) is 13.0. The summed E-state index contributed by atoms with van der Waals surface area (Å²) in [4.78, 5) is 24.5. The summed E-state index contributed by atoms with van der Waals surface area (Å²) in [7, 11) is 0. The van der Waals surface area contributed by atoms with Gasteiger partial charge in [-0.15, -0.1) is 0 Å². The summed E-state index contributed by atoms with van der Waals surface area (Å²) in [5.74, 6) is -0.423. The number of carbonyl (C=O) groups excluding carboxylic acids is 2. The van der Waals surface area contributed by atoms with Gasteiger partial charge in [0.1, 0.15) is 0 Å². The number of ether oxygens (including phenoxy) is 1. The molecule has 4 heteroatoms. The Labute approximate surface area is 103 Å². The molecule has 1 rings (SSSR count). The molecule has 0 aromatic carbocycles. The summed E-state index contributed by atoms with van der Waals surface area (Å²) in [6.07, 6.45) is 2.36. The lowest BCUT2D eigenvalue weighted by molar-refractivity contribution is -0.141. The van der Waals surface area contributed by atoms with E-state index in [1.165, 1.54) is 4.90 Å². The van der Waals surface area contributed by atoms with Gasteiger partial charge in [-0.1, -0.05) is 19.9 Å². The molecule has 96 valence electrons. The molecule has 1 aliphatic heterocycles. The first kappa shape index (κ1) is 13.9. The fourth-order valence-corrected chi connectivity index (χ4v) is 1.94. The van der Waals surface area contributed by atoms with Gasteiger partial charge in [-0.3, -0.25) is 14.5 Å². The first-order valence-corrected chi connectivity index (χ1v) is 6.13. The molecule has 0 aromatic heterocycles. The molecule has 0 aromatic rings. The molecule has 2 unspecified atom stereocenters. The van der Waals surface area contributed by atoms with Crippen LogP contribution < -0.4 is 0 Å². The maximum Gasteiger partial charge on any atom is 0.256 e. The van der Waals surface area contributed by atoms with Crippen molar-refractivity contribution in [3.8, 4) is 0 Å². The van der Waals surface area contributed by atoms with Crippen molar-refractivity contribution in [2.24, 2.45) is 0 Å². The van der Waals surface area contributed by atoms with Crippen LogP contribution in [-0.2, 0) is 14.3 Å². The van der Waals surface area contributed by atoms with Crippen LogP contribution >= 0.6 is 0 Å². The second-order valence-corrected chi connectivity index (χ2v) is 4.63. The lowest BCUT2D eigenvalue weighted by Crippen LogP contribution is -2.41. The predicted octanol–water partition coefficient (Wildman–Crippen LogP) is 1.90. The molecule has 17 heavy (non-hydrogen) atoms. The van der Waals surface area contributed by atoms with Crippen LogP contribution in [0.15, 0.2) is 12.2 Å². The molecule has 1 fully saturated rings. The van der Waals surface area contributed by atoms with Crippen molar-refractivity contribution in [2.45, 2.75) is 52.2 Å². The number of amides is 2. The Hall–Kier alpha value is -1.16. The Balaban J connectivity index is 2.47. The van der Waals surface area contributed by atoms with Gasteiger partial charge in [-0.05, 0) is 20.3 Å². The van der Waals surface area contributed by atoms with Crippen LogP contribution in [0, 0.1) is 0 Å². The number of nitrogens with zero attached hydrogens (tertiary/aromatic N) is 1. The number of rotatable bonds is 6. The molecule has 1 aliphatic rings. The molecule has 1 heterocycles. The first-order chi connectivity index (χ1) is 7.97. The second-order valence-electron chi connectivity index (χ2n) is 4.63. The fraction of sp³-hybridized carbons (Fsp3) is 0.692. The summed E-state index contributed by atoms with van der Waals surface area (Å²) in [6.45, 7) is 9.91. The molecule has 4 nitrogen and oxygen atoms in total. The standard InChI is InChI=1S/C13H21NO3/c1-5-6-11(4)17-8-10(3)14-12(15)7-9(2)13(14)16/h10-11H,2,5-8H2,1,3-4H3. The van der Waals surface area contributed by atoms with E-state index < -0.39 is 0 Å². The SMILES string of the molecule is C=C1CC(=O)N(C(C)COC(C)CCC)C1=O. The van der Waals surface area contributed by atoms with E-state index in [1.54, 1.807) is 0 Å². The van der Waals surface area contributed by atoms with E-state index >= 15 is 0 Å². The monoisotopic (exact) mass is 239 g/mol. The van der Waals surface area contributed by atoms with E-state index in [0.29, 0.717) is 12.2 Å². The number of imide groups is 1. The van der Waals surface area contributed by atoms with E-state index in [9.17, 15) is 9.59 Å². The highest BCUT2D eigenvalue weighted by molar-refractivity contribution is 6.13.